The third-order valence-corrected chi connectivity index (χ3v) is 5.45. The van der Waals surface area contributed by atoms with E-state index in [-0.39, 0.29) is 29.9 Å². The molecule has 0 spiro atoms. The van der Waals surface area contributed by atoms with Gasteiger partial charge in [-0.2, -0.15) is 0 Å². The highest BCUT2D eigenvalue weighted by atomic mass is 32.2. The minimum absolute atomic E-state index is 0.136. The fourth-order valence-corrected chi connectivity index (χ4v) is 3.79. The number of carbonyl (C=O) groups is 2. The Morgan fingerprint density at radius 1 is 0.862 bits per heavy atom. The molecule has 0 saturated heterocycles. The molecule has 0 fully saturated rings. The Morgan fingerprint density at radius 2 is 1.52 bits per heavy atom. The molecule has 2 aromatic carbocycles. The Morgan fingerprint density at radius 3 is 2.21 bits per heavy atom. The molecule has 156 valence electrons. The lowest BCUT2D eigenvalue weighted by Gasteiger charge is -2.11. The molecule has 0 atom stereocenters. The second-order valence-corrected chi connectivity index (χ2v) is 8.44. The van der Waals surface area contributed by atoms with Crippen LogP contribution in [0.25, 0.3) is 0 Å². The van der Waals surface area contributed by atoms with Gasteiger partial charge in [-0.25, -0.2) is 17.9 Å². The largest absolute Gasteiger partial charge is 0.350 e. The Balaban J connectivity index is 1.77. The predicted octanol–water partition coefficient (Wildman–Crippen LogP) is 1.49. The normalized spacial score (nSPS) is 11.1. The first-order valence-corrected chi connectivity index (χ1v) is 10.7. The second-order valence-electron chi connectivity index (χ2n) is 6.72. The highest BCUT2D eigenvalue weighted by Crippen LogP contribution is 2.12. The topological polar surface area (TPSA) is 116 Å². The van der Waals surface area contributed by atoms with Crippen LogP contribution in [0.5, 0.6) is 0 Å². The highest BCUT2D eigenvalue weighted by Gasteiger charge is 2.15. The Kier molecular flexibility index (Phi) is 8.17. The summed E-state index contributed by atoms with van der Waals surface area (Å²) in [5.74, 6) is -0.381. The lowest BCUT2D eigenvalue weighted by atomic mass is 10.2. The average molecular weight is 419 g/mol. The molecule has 0 bridgehead atoms. The summed E-state index contributed by atoms with van der Waals surface area (Å²) in [7, 11) is -3.60. The van der Waals surface area contributed by atoms with E-state index in [1.165, 1.54) is 12.1 Å². The van der Waals surface area contributed by atoms with Crippen molar-refractivity contribution in [1.82, 2.24) is 20.7 Å². The van der Waals surface area contributed by atoms with E-state index in [0.717, 1.165) is 5.56 Å². The molecule has 0 aliphatic carbocycles. The molecule has 2 rings (SSSR count). The summed E-state index contributed by atoms with van der Waals surface area (Å²) in [6, 6.07) is 15.1. The van der Waals surface area contributed by atoms with Crippen molar-refractivity contribution in [2.45, 2.75) is 37.9 Å². The summed E-state index contributed by atoms with van der Waals surface area (Å²) in [6.45, 7) is 3.81. The third kappa shape index (κ3) is 7.92. The van der Waals surface area contributed by atoms with Gasteiger partial charge in [-0.1, -0.05) is 42.5 Å². The van der Waals surface area contributed by atoms with Crippen molar-refractivity contribution in [3.8, 4) is 0 Å². The molecule has 4 N–H and O–H groups in total. The standard InChI is InChI=1S/C20H26N4O4S/c1-15(2)24-29(27,28)18-10-6-9-17(11-18)13-21-19(25)14-23-20(26)22-12-16-7-4-3-5-8-16/h3-11,15,24H,12-14H2,1-2H3,(H,21,25)(H2,22,23,26). The molecule has 2 aromatic rings. The van der Waals surface area contributed by atoms with E-state index in [1.54, 1.807) is 26.0 Å². The van der Waals surface area contributed by atoms with E-state index < -0.39 is 16.1 Å². The van der Waals surface area contributed by atoms with E-state index >= 15 is 0 Å². The molecular formula is C20H26N4O4S. The number of sulfonamides is 1. The van der Waals surface area contributed by atoms with Gasteiger partial charge < -0.3 is 16.0 Å². The molecule has 0 aromatic heterocycles. The molecule has 0 aliphatic heterocycles. The number of urea groups is 1. The van der Waals surface area contributed by atoms with Gasteiger partial charge in [-0.05, 0) is 37.1 Å². The van der Waals surface area contributed by atoms with E-state index in [2.05, 4.69) is 20.7 Å². The van der Waals surface area contributed by atoms with Gasteiger partial charge in [0.05, 0.1) is 11.4 Å². The van der Waals surface area contributed by atoms with Gasteiger partial charge in [0.2, 0.25) is 15.9 Å². The summed E-state index contributed by atoms with van der Waals surface area (Å²) >= 11 is 0. The molecular weight excluding hydrogens is 392 g/mol. The van der Waals surface area contributed by atoms with Crippen LogP contribution in [0.4, 0.5) is 4.79 Å². The number of nitrogens with one attached hydrogen (secondary N) is 4. The van der Waals surface area contributed by atoms with Gasteiger partial charge in [-0.15, -0.1) is 0 Å². The number of hydrogen-bond donors (Lipinski definition) is 4. The molecule has 8 nitrogen and oxygen atoms in total. The van der Waals surface area contributed by atoms with Crippen LogP contribution in [0.1, 0.15) is 25.0 Å². The summed E-state index contributed by atoms with van der Waals surface area (Å²) < 4.78 is 27.0. The van der Waals surface area contributed by atoms with Crippen molar-refractivity contribution in [3.05, 3.63) is 65.7 Å². The second kappa shape index (κ2) is 10.6. The maximum atomic E-state index is 12.2. The van der Waals surface area contributed by atoms with E-state index in [1.807, 2.05) is 30.3 Å². The van der Waals surface area contributed by atoms with Crippen LogP contribution >= 0.6 is 0 Å². The van der Waals surface area contributed by atoms with Gasteiger partial charge in [0.25, 0.3) is 0 Å². The quantitative estimate of drug-likeness (QED) is 0.494. The van der Waals surface area contributed by atoms with Crippen molar-refractivity contribution in [1.29, 1.82) is 0 Å². The van der Waals surface area contributed by atoms with E-state index in [0.29, 0.717) is 12.1 Å². The van der Waals surface area contributed by atoms with Crippen LogP contribution in [-0.2, 0) is 27.9 Å². The molecule has 0 heterocycles. The van der Waals surface area contributed by atoms with Crippen molar-refractivity contribution in [2.24, 2.45) is 0 Å². The molecule has 0 radical (unpaired) electrons. The third-order valence-electron chi connectivity index (χ3n) is 3.79. The number of hydrogen-bond acceptors (Lipinski definition) is 4. The lowest BCUT2D eigenvalue weighted by molar-refractivity contribution is -0.120. The average Bonchev–Trinajstić information content (AvgIpc) is 2.69. The van der Waals surface area contributed by atoms with Crippen molar-refractivity contribution in [2.75, 3.05) is 6.54 Å². The number of carbonyl (C=O) groups excluding carboxylic acids is 2. The van der Waals surface area contributed by atoms with Crippen molar-refractivity contribution >= 4 is 22.0 Å². The molecule has 0 aliphatic rings. The first-order valence-electron chi connectivity index (χ1n) is 9.20. The fraction of sp³-hybridized carbons (Fsp3) is 0.300. The minimum atomic E-state index is -3.60. The highest BCUT2D eigenvalue weighted by molar-refractivity contribution is 7.89. The van der Waals surface area contributed by atoms with Crippen LogP contribution < -0.4 is 20.7 Å². The van der Waals surface area contributed by atoms with Gasteiger partial charge >= 0.3 is 6.03 Å². The Hall–Kier alpha value is -2.91. The summed E-state index contributed by atoms with van der Waals surface area (Å²) in [5, 5.41) is 7.79. The zero-order chi connectivity index (χ0) is 21.3. The number of amides is 3. The Bertz CT molecular complexity index is 931. The maximum absolute atomic E-state index is 12.2. The van der Waals surface area contributed by atoms with Crippen LogP contribution in [0.2, 0.25) is 0 Å². The predicted molar refractivity (Wildman–Crippen MR) is 110 cm³/mol. The first kappa shape index (κ1) is 22.4. The van der Waals surface area contributed by atoms with Crippen LogP contribution in [-0.4, -0.2) is 32.9 Å². The molecule has 9 heteroatoms. The lowest BCUT2D eigenvalue weighted by Crippen LogP contribution is -2.41. The zero-order valence-electron chi connectivity index (χ0n) is 16.4. The summed E-state index contributed by atoms with van der Waals surface area (Å²) in [4.78, 5) is 23.8. The van der Waals surface area contributed by atoms with Gasteiger partial charge in [0.1, 0.15) is 0 Å². The minimum Gasteiger partial charge on any atom is -0.350 e. The van der Waals surface area contributed by atoms with Crippen LogP contribution in [0.3, 0.4) is 0 Å². The fourth-order valence-electron chi connectivity index (χ4n) is 2.47. The molecule has 3 amide bonds. The number of rotatable bonds is 9. The first-order chi connectivity index (χ1) is 13.8. The van der Waals surface area contributed by atoms with Crippen molar-refractivity contribution in [3.63, 3.8) is 0 Å². The zero-order valence-corrected chi connectivity index (χ0v) is 17.3. The van der Waals surface area contributed by atoms with E-state index in [4.69, 9.17) is 0 Å². The van der Waals surface area contributed by atoms with Gasteiger partial charge in [0.15, 0.2) is 0 Å². The summed E-state index contributed by atoms with van der Waals surface area (Å²) in [6.07, 6.45) is 0. The van der Waals surface area contributed by atoms with Crippen molar-refractivity contribution < 1.29 is 18.0 Å². The van der Waals surface area contributed by atoms with Gasteiger partial charge in [-0.3, -0.25) is 4.79 Å². The Labute approximate surface area is 171 Å². The van der Waals surface area contributed by atoms with E-state index in [9.17, 15) is 18.0 Å². The SMILES string of the molecule is CC(C)NS(=O)(=O)c1cccc(CNC(=O)CNC(=O)NCc2ccccc2)c1. The summed E-state index contributed by atoms with van der Waals surface area (Å²) in [5.41, 5.74) is 1.59. The van der Waals surface area contributed by atoms with Crippen LogP contribution in [0.15, 0.2) is 59.5 Å². The monoisotopic (exact) mass is 418 g/mol. The van der Waals surface area contributed by atoms with Crippen LogP contribution in [0, 0.1) is 0 Å². The van der Waals surface area contributed by atoms with Gasteiger partial charge in [0, 0.05) is 19.1 Å². The smallest absolute Gasteiger partial charge is 0.315 e. The number of benzene rings is 2. The molecule has 0 unspecified atom stereocenters. The molecule has 29 heavy (non-hydrogen) atoms. The molecule has 0 saturated carbocycles. The maximum Gasteiger partial charge on any atom is 0.315 e.